The number of pyridine rings is 1. The van der Waals surface area contributed by atoms with Crippen LogP contribution < -0.4 is 0 Å². The van der Waals surface area contributed by atoms with Gasteiger partial charge in [-0.3, -0.25) is 9.88 Å². The van der Waals surface area contributed by atoms with E-state index in [1.807, 2.05) is 12.3 Å². The van der Waals surface area contributed by atoms with Crippen molar-refractivity contribution < 1.29 is 8.42 Å². The second-order valence-corrected chi connectivity index (χ2v) is 9.67. The molecule has 24 heavy (non-hydrogen) atoms. The number of aromatic nitrogens is 1. The number of thiophene rings is 1. The van der Waals surface area contributed by atoms with Crippen molar-refractivity contribution in [2.24, 2.45) is 5.92 Å². The predicted octanol–water partition coefficient (Wildman–Crippen LogP) is 3.11. The van der Waals surface area contributed by atoms with E-state index in [2.05, 4.69) is 23.0 Å². The number of sulfonamides is 1. The lowest BCUT2D eigenvalue weighted by Crippen LogP contribution is -2.34. The molecule has 0 N–H and O–H groups in total. The van der Waals surface area contributed by atoms with Crippen molar-refractivity contribution in [1.82, 2.24) is 14.2 Å². The zero-order chi connectivity index (χ0) is 17.3. The maximum Gasteiger partial charge on any atom is 0.253 e. The Hall–Kier alpha value is -0.990. The molecule has 0 amide bonds. The fourth-order valence-corrected chi connectivity index (χ4v) is 6.42. The largest absolute Gasteiger partial charge is 0.299 e. The number of halogens is 1. The molecule has 0 aliphatic carbocycles. The van der Waals surface area contributed by atoms with Gasteiger partial charge in [0.15, 0.2) is 4.21 Å². The van der Waals surface area contributed by atoms with Gasteiger partial charge in [0.1, 0.15) is 0 Å². The van der Waals surface area contributed by atoms with E-state index < -0.39 is 10.0 Å². The average molecular weight is 386 g/mol. The van der Waals surface area contributed by atoms with Crippen LogP contribution in [0.5, 0.6) is 0 Å². The van der Waals surface area contributed by atoms with Crippen LogP contribution in [-0.4, -0.2) is 49.8 Å². The van der Waals surface area contributed by atoms with Gasteiger partial charge in [0.05, 0.1) is 5.02 Å². The zero-order valence-corrected chi connectivity index (χ0v) is 16.0. The molecule has 8 heteroatoms. The molecule has 2 aromatic heterocycles. The maximum absolute atomic E-state index is 12.8. The van der Waals surface area contributed by atoms with Gasteiger partial charge in [-0.15, -0.1) is 11.3 Å². The van der Waals surface area contributed by atoms with Crippen molar-refractivity contribution in [1.29, 1.82) is 0 Å². The fourth-order valence-electron chi connectivity index (χ4n) is 3.33. The third-order valence-electron chi connectivity index (χ3n) is 4.52. The van der Waals surface area contributed by atoms with E-state index in [1.54, 1.807) is 24.7 Å². The Bertz CT molecular complexity index is 795. The first kappa shape index (κ1) is 17.8. The van der Waals surface area contributed by atoms with Crippen molar-refractivity contribution >= 4 is 33.0 Å². The molecule has 2 aromatic rings. The van der Waals surface area contributed by atoms with Gasteiger partial charge in [0, 0.05) is 32.0 Å². The van der Waals surface area contributed by atoms with Crippen LogP contribution in [0.1, 0.15) is 18.0 Å². The molecule has 0 saturated carbocycles. The molecule has 5 nitrogen and oxygen atoms in total. The molecule has 0 aromatic carbocycles. The second-order valence-electron chi connectivity index (χ2n) is 6.10. The highest BCUT2D eigenvalue weighted by molar-refractivity contribution is 7.91. The van der Waals surface area contributed by atoms with Crippen LogP contribution in [0.3, 0.4) is 0 Å². The van der Waals surface area contributed by atoms with Gasteiger partial charge in [-0.2, -0.15) is 4.31 Å². The summed E-state index contributed by atoms with van der Waals surface area (Å²) in [5.41, 5.74) is 1.13. The summed E-state index contributed by atoms with van der Waals surface area (Å²) >= 11 is 7.18. The zero-order valence-electron chi connectivity index (χ0n) is 13.6. The van der Waals surface area contributed by atoms with Crippen LogP contribution in [-0.2, 0) is 10.0 Å². The van der Waals surface area contributed by atoms with Crippen LogP contribution in [0.2, 0.25) is 5.02 Å². The van der Waals surface area contributed by atoms with Crippen molar-refractivity contribution in [2.75, 3.05) is 27.2 Å². The lowest BCUT2D eigenvalue weighted by molar-refractivity contribution is 0.255. The standard InChI is InChI=1S/C16H20ClN3O2S2/c1-19-8-5-13(15(19)12-4-3-7-18-10-12)11-20(2)24(21,22)16-14(17)6-9-23-16/h3-4,6-7,9-10,13,15H,5,8,11H2,1-2H3/t13-,15-/m0/s1. The summed E-state index contributed by atoms with van der Waals surface area (Å²) < 4.78 is 27.2. The predicted molar refractivity (Wildman–Crippen MR) is 96.9 cm³/mol. The highest BCUT2D eigenvalue weighted by Gasteiger charge is 2.36. The van der Waals surface area contributed by atoms with Gasteiger partial charge >= 0.3 is 0 Å². The maximum atomic E-state index is 12.8. The summed E-state index contributed by atoms with van der Waals surface area (Å²) in [5, 5.41) is 1.99. The minimum Gasteiger partial charge on any atom is -0.299 e. The first-order valence-corrected chi connectivity index (χ1v) is 10.4. The highest BCUT2D eigenvalue weighted by atomic mass is 35.5. The highest BCUT2D eigenvalue weighted by Crippen LogP contribution is 2.37. The van der Waals surface area contributed by atoms with Crippen LogP contribution >= 0.6 is 22.9 Å². The number of nitrogens with zero attached hydrogens (tertiary/aromatic N) is 3. The Labute approximate surface area is 151 Å². The third kappa shape index (κ3) is 3.36. The number of rotatable bonds is 5. The van der Waals surface area contributed by atoms with E-state index >= 15 is 0 Å². The summed E-state index contributed by atoms with van der Waals surface area (Å²) in [6.07, 6.45) is 4.57. The Kier molecular flexibility index (Phi) is 5.27. The number of hydrogen-bond acceptors (Lipinski definition) is 5. The van der Waals surface area contributed by atoms with Crippen molar-refractivity contribution in [3.8, 4) is 0 Å². The second kappa shape index (κ2) is 7.09. The van der Waals surface area contributed by atoms with Crippen molar-refractivity contribution in [2.45, 2.75) is 16.7 Å². The fraction of sp³-hybridized carbons (Fsp3) is 0.438. The van der Waals surface area contributed by atoms with Crippen LogP contribution in [0, 0.1) is 5.92 Å². The van der Waals surface area contributed by atoms with E-state index in [-0.39, 0.29) is 16.2 Å². The van der Waals surface area contributed by atoms with Crippen LogP contribution in [0.4, 0.5) is 0 Å². The molecule has 0 unspecified atom stereocenters. The minimum atomic E-state index is -3.55. The molecular weight excluding hydrogens is 366 g/mol. The first-order valence-electron chi connectivity index (χ1n) is 7.70. The molecule has 1 saturated heterocycles. The molecule has 0 radical (unpaired) electrons. The lowest BCUT2D eigenvalue weighted by atomic mass is 9.95. The molecular formula is C16H20ClN3O2S2. The monoisotopic (exact) mass is 385 g/mol. The number of likely N-dealkylation sites (tertiary alicyclic amines) is 1. The lowest BCUT2D eigenvalue weighted by Gasteiger charge is -2.28. The van der Waals surface area contributed by atoms with Gasteiger partial charge in [0.2, 0.25) is 0 Å². The average Bonchev–Trinajstić information content (AvgIpc) is 3.14. The molecule has 3 rings (SSSR count). The van der Waals surface area contributed by atoms with Crippen LogP contribution in [0.25, 0.3) is 0 Å². The van der Waals surface area contributed by atoms with E-state index in [1.165, 1.54) is 4.31 Å². The molecule has 0 spiro atoms. The summed E-state index contributed by atoms with van der Waals surface area (Å²) in [5.74, 6) is 0.220. The Morgan fingerprint density at radius 1 is 1.46 bits per heavy atom. The Morgan fingerprint density at radius 3 is 2.88 bits per heavy atom. The van der Waals surface area contributed by atoms with E-state index in [0.29, 0.717) is 11.6 Å². The number of hydrogen-bond donors (Lipinski definition) is 0. The molecule has 2 atom stereocenters. The molecule has 0 bridgehead atoms. The summed E-state index contributed by atoms with van der Waals surface area (Å²) in [6.45, 7) is 1.40. The SMILES string of the molecule is CN1CC[C@@H](CN(C)S(=O)(=O)c2sccc2Cl)[C@@H]1c1cccnc1. The van der Waals surface area contributed by atoms with Crippen molar-refractivity contribution in [3.63, 3.8) is 0 Å². The molecule has 3 heterocycles. The van der Waals surface area contributed by atoms with Gasteiger partial charge < -0.3 is 0 Å². The van der Waals surface area contributed by atoms with E-state index in [0.717, 1.165) is 29.9 Å². The van der Waals surface area contributed by atoms with Gasteiger partial charge in [-0.25, -0.2) is 8.42 Å². The molecule has 1 aliphatic rings. The molecule has 1 aliphatic heterocycles. The smallest absolute Gasteiger partial charge is 0.253 e. The molecule has 130 valence electrons. The normalized spacial score (nSPS) is 22.3. The van der Waals surface area contributed by atoms with Crippen LogP contribution in [0.15, 0.2) is 40.2 Å². The first-order chi connectivity index (χ1) is 11.4. The molecule has 1 fully saturated rings. The summed E-state index contributed by atoms with van der Waals surface area (Å²) in [4.78, 5) is 6.47. The quantitative estimate of drug-likeness (QED) is 0.793. The van der Waals surface area contributed by atoms with Gasteiger partial charge in [-0.1, -0.05) is 17.7 Å². The van der Waals surface area contributed by atoms with E-state index in [4.69, 9.17) is 11.6 Å². The summed E-state index contributed by atoms with van der Waals surface area (Å²) in [7, 11) is 0.150. The van der Waals surface area contributed by atoms with Gasteiger partial charge in [-0.05, 0) is 49.0 Å². The Balaban J connectivity index is 1.81. The van der Waals surface area contributed by atoms with Crippen molar-refractivity contribution in [3.05, 3.63) is 46.6 Å². The third-order valence-corrected chi connectivity index (χ3v) is 8.34. The summed E-state index contributed by atoms with van der Waals surface area (Å²) in [6, 6.07) is 5.77. The Morgan fingerprint density at radius 2 is 2.25 bits per heavy atom. The van der Waals surface area contributed by atoms with Gasteiger partial charge in [0.25, 0.3) is 10.0 Å². The topological polar surface area (TPSA) is 53.5 Å². The van der Waals surface area contributed by atoms with E-state index in [9.17, 15) is 8.42 Å². The minimum absolute atomic E-state index is 0.176.